The molecule has 0 unspecified atom stereocenters. The minimum atomic E-state index is -0.758. The maximum Gasteiger partial charge on any atom is 0.303 e. The third kappa shape index (κ3) is 6.85. The molecule has 0 saturated heterocycles. The highest BCUT2D eigenvalue weighted by Crippen LogP contribution is 2.26. The second-order valence-electron chi connectivity index (χ2n) is 5.66. The fraction of sp³-hybridized carbons (Fsp3) is 0.556. The van der Waals surface area contributed by atoms with Crippen LogP contribution in [0.5, 0.6) is 0 Å². The number of unbranched alkanes of at least 4 members (excludes halogenated alkanes) is 2. The van der Waals surface area contributed by atoms with Crippen LogP contribution < -0.4 is 0 Å². The Hall–Kier alpha value is -1.68. The second-order valence-corrected chi connectivity index (χ2v) is 5.66. The summed E-state index contributed by atoms with van der Waals surface area (Å²) < 4.78 is 0. The summed E-state index contributed by atoms with van der Waals surface area (Å²) in [5.74, 6) is -0.518. The Morgan fingerprint density at radius 1 is 1.36 bits per heavy atom. The van der Waals surface area contributed by atoms with Crippen LogP contribution >= 0.6 is 0 Å². The molecule has 0 fully saturated rings. The summed E-state index contributed by atoms with van der Waals surface area (Å²) >= 11 is 0. The van der Waals surface area contributed by atoms with E-state index in [-0.39, 0.29) is 24.0 Å². The van der Waals surface area contributed by atoms with Crippen LogP contribution in [0.3, 0.4) is 0 Å². The molecular formula is C18H26O4. The normalized spacial score (nSPS) is 22.9. The zero-order valence-corrected chi connectivity index (χ0v) is 13.1. The second kappa shape index (κ2) is 10.1. The standard InChI is InChI=1S/C18H26O4/c1-2-14-10-13-17(20)16(14)12-11-15(19)8-6-4-3-5-7-9-18(21)22/h4,6,10-16,19H,2-3,5,7-9H2,1H3,(H,21,22)/b6-4-,12-11+/t14-,15+,16-/m1/s1. The Morgan fingerprint density at radius 2 is 2.14 bits per heavy atom. The summed E-state index contributed by atoms with van der Waals surface area (Å²) in [7, 11) is 0. The number of ketones is 1. The van der Waals surface area contributed by atoms with Gasteiger partial charge in [-0.05, 0) is 44.1 Å². The maximum absolute atomic E-state index is 11.7. The van der Waals surface area contributed by atoms with Gasteiger partial charge in [0, 0.05) is 12.3 Å². The molecule has 0 aliphatic heterocycles. The SMILES string of the molecule is CC[C@@H]1C=CC(=O)[C@@H]1/C=C/[C@@H](O)C/C=C\CCCCC(=O)O. The topological polar surface area (TPSA) is 74.6 Å². The van der Waals surface area contributed by atoms with Crippen LogP contribution in [0.15, 0.2) is 36.5 Å². The Bertz CT molecular complexity index is 448. The van der Waals surface area contributed by atoms with Crippen LogP contribution in [-0.2, 0) is 9.59 Å². The van der Waals surface area contributed by atoms with E-state index in [0.717, 1.165) is 19.3 Å². The number of aliphatic hydroxyl groups is 1. The molecule has 0 aromatic heterocycles. The van der Waals surface area contributed by atoms with Crippen molar-refractivity contribution in [2.45, 2.75) is 51.6 Å². The number of hydrogen-bond acceptors (Lipinski definition) is 3. The average molecular weight is 306 g/mol. The maximum atomic E-state index is 11.7. The number of allylic oxidation sites excluding steroid dienone is 4. The van der Waals surface area contributed by atoms with Gasteiger partial charge in [-0.25, -0.2) is 0 Å². The van der Waals surface area contributed by atoms with Gasteiger partial charge in [0.1, 0.15) is 0 Å². The summed E-state index contributed by atoms with van der Waals surface area (Å²) in [6, 6.07) is 0. The number of carboxylic acids is 1. The Balaban J connectivity index is 2.22. The smallest absolute Gasteiger partial charge is 0.303 e. The lowest BCUT2D eigenvalue weighted by Crippen LogP contribution is -2.13. The lowest BCUT2D eigenvalue weighted by Gasteiger charge is -2.12. The quantitative estimate of drug-likeness (QED) is 0.480. The van der Waals surface area contributed by atoms with Gasteiger partial charge in [-0.15, -0.1) is 0 Å². The van der Waals surface area contributed by atoms with E-state index in [0.29, 0.717) is 12.8 Å². The van der Waals surface area contributed by atoms with Crippen molar-refractivity contribution in [2.75, 3.05) is 0 Å². The Morgan fingerprint density at radius 3 is 2.82 bits per heavy atom. The number of rotatable bonds is 10. The van der Waals surface area contributed by atoms with E-state index >= 15 is 0 Å². The van der Waals surface area contributed by atoms with Gasteiger partial charge in [0.2, 0.25) is 0 Å². The summed E-state index contributed by atoms with van der Waals surface area (Å²) in [4.78, 5) is 22.0. The molecule has 0 amide bonds. The number of hydrogen-bond donors (Lipinski definition) is 2. The van der Waals surface area contributed by atoms with E-state index in [1.54, 1.807) is 12.2 Å². The highest BCUT2D eigenvalue weighted by atomic mass is 16.4. The Labute approximate surface area is 132 Å². The third-order valence-corrected chi connectivity index (χ3v) is 3.87. The van der Waals surface area contributed by atoms with Gasteiger partial charge >= 0.3 is 5.97 Å². The minimum absolute atomic E-state index is 0.115. The Kier molecular flexibility index (Phi) is 8.44. The summed E-state index contributed by atoms with van der Waals surface area (Å²) in [5.41, 5.74) is 0. The van der Waals surface area contributed by atoms with E-state index in [4.69, 9.17) is 5.11 Å². The molecule has 4 heteroatoms. The van der Waals surface area contributed by atoms with Gasteiger partial charge in [0.15, 0.2) is 5.78 Å². The van der Waals surface area contributed by atoms with Gasteiger partial charge < -0.3 is 10.2 Å². The molecule has 1 aliphatic rings. The van der Waals surface area contributed by atoms with Crippen molar-refractivity contribution in [3.8, 4) is 0 Å². The van der Waals surface area contributed by atoms with Crippen molar-refractivity contribution in [1.82, 2.24) is 0 Å². The highest BCUT2D eigenvalue weighted by Gasteiger charge is 2.26. The van der Waals surface area contributed by atoms with E-state index in [2.05, 4.69) is 6.92 Å². The van der Waals surface area contributed by atoms with Gasteiger partial charge in [0.25, 0.3) is 0 Å². The van der Waals surface area contributed by atoms with Gasteiger partial charge in [-0.1, -0.05) is 37.3 Å². The zero-order chi connectivity index (χ0) is 16.4. The fourth-order valence-electron chi connectivity index (χ4n) is 2.51. The minimum Gasteiger partial charge on any atom is -0.481 e. The molecule has 0 aromatic rings. The van der Waals surface area contributed by atoms with Gasteiger partial charge in [-0.3, -0.25) is 9.59 Å². The molecular weight excluding hydrogens is 280 g/mol. The molecule has 122 valence electrons. The molecule has 3 atom stereocenters. The van der Waals surface area contributed by atoms with E-state index in [9.17, 15) is 14.7 Å². The monoisotopic (exact) mass is 306 g/mol. The van der Waals surface area contributed by atoms with E-state index in [1.807, 2.05) is 24.3 Å². The van der Waals surface area contributed by atoms with Crippen LogP contribution in [0.1, 0.15) is 45.4 Å². The molecule has 0 radical (unpaired) electrons. The van der Waals surface area contributed by atoms with Gasteiger partial charge in [-0.2, -0.15) is 0 Å². The summed E-state index contributed by atoms with van der Waals surface area (Å²) in [5, 5.41) is 18.4. The first kappa shape index (κ1) is 18.4. The number of carbonyl (C=O) groups excluding carboxylic acids is 1. The summed E-state index contributed by atoms with van der Waals surface area (Å²) in [6.07, 6.45) is 14.4. The molecule has 1 rings (SSSR count). The van der Waals surface area contributed by atoms with Gasteiger partial charge in [0.05, 0.1) is 6.10 Å². The molecule has 2 N–H and O–H groups in total. The largest absolute Gasteiger partial charge is 0.481 e. The van der Waals surface area contributed by atoms with Crippen LogP contribution in [-0.4, -0.2) is 28.1 Å². The van der Waals surface area contributed by atoms with Crippen LogP contribution in [0, 0.1) is 11.8 Å². The molecule has 0 heterocycles. The molecule has 0 aromatic carbocycles. The first-order valence-electron chi connectivity index (χ1n) is 7.99. The molecule has 0 bridgehead atoms. The number of carbonyl (C=O) groups is 2. The number of aliphatic carboxylic acids is 1. The number of carboxylic acid groups (broad SMARTS) is 1. The van der Waals surface area contributed by atoms with E-state index in [1.165, 1.54) is 0 Å². The van der Waals surface area contributed by atoms with Crippen molar-refractivity contribution in [3.05, 3.63) is 36.5 Å². The number of aliphatic hydroxyl groups excluding tert-OH is 1. The van der Waals surface area contributed by atoms with Crippen molar-refractivity contribution < 1.29 is 19.8 Å². The molecule has 4 nitrogen and oxygen atoms in total. The van der Waals surface area contributed by atoms with E-state index < -0.39 is 12.1 Å². The van der Waals surface area contributed by atoms with Crippen LogP contribution in [0.25, 0.3) is 0 Å². The van der Waals surface area contributed by atoms with Crippen molar-refractivity contribution >= 4 is 11.8 Å². The first-order valence-corrected chi connectivity index (χ1v) is 7.99. The predicted molar refractivity (Wildman–Crippen MR) is 86.4 cm³/mol. The lowest BCUT2D eigenvalue weighted by molar-refractivity contribution is -0.137. The van der Waals surface area contributed by atoms with Crippen molar-refractivity contribution in [2.24, 2.45) is 11.8 Å². The fourth-order valence-corrected chi connectivity index (χ4v) is 2.51. The first-order chi connectivity index (χ1) is 10.5. The third-order valence-electron chi connectivity index (χ3n) is 3.87. The molecule has 0 saturated carbocycles. The zero-order valence-electron chi connectivity index (χ0n) is 13.1. The average Bonchev–Trinajstić information content (AvgIpc) is 2.84. The molecule has 22 heavy (non-hydrogen) atoms. The highest BCUT2D eigenvalue weighted by molar-refractivity contribution is 5.95. The van der Waals surface area contributed by atoms with Crippen molar-refractivity contribution in [3.63, 3.8) is 0 Å². The summed E-state index contributed by atoms with van der Waals surface area (Å²) in [6.45, 7) is 2.05. The molecule has 0 spiro atoms. The molecule has 1 aliphatic carbocycles. The van der Waals surface area contributed by atoms with Crippen LogP contribution in [0.2, 0.25) is 0 Å². The lowest BCUT2D eigenvalue weighted by atomic mass is 9.92. The predicted octanol–water partition coefficient (Wildman–Crippen LogP) is 3.28. The van der Waals surface area contributed by atoms with Crippen LogP contribution in [0.4, 0.5) is 0 Å². The van der Waals surface area contributed by atoms with Crippen molar-refractivity contribution in [1.29, 1.82) is 0 Å².